The molecule has 152 valence electrons. The van der Waals surface area contributed by atoms with Crippen molar-refractivity contribution in [2.45, 2.75) is 64.2 Å². The van der Waals surface area contributed by atoms with Crippen LogP contribution in [0.25, 0.3) is 0 Å². The van der Waals surface area contributed by atoms with Crippen LogP contribution in [0.5, 0.6) is 0 Å². The fraction of sp³-hybridized carbons (Fsp3) is 0.345. The molecule has 0 bridgehead atoms. The summed E-state index contributed by atoms with van der Waals surface area (Å²) in [5.74, 6) is 19.9. The van der Waals surface area contributed by atoms with E-state index in [4.69, 9.17) is 6.42 Å². The third-order valence-corrected chi connectivity index (χ3v) is 4.17. The van der Waals surface area contributed by atoms with Gasteiger partial charge in [-0.25, -0.2) is 0 Å². The fourth-order valence-corrected chi connectivity index (χ4v) is 2.59. The number of hydrogen-bond acceptors (Lipinski definition) is 1. The zero-order valence-electron chi connectivity index (χ0n) is 17.8. The average Bonchev–Trinajstić information content (AvgIpc) is 2.76. The topological polar surface area (TPSA) is 17.1 Å². The molecule has 0 saturated heterocycles. The highest BCUT2D eigenvalue weighted by atomic mass is 16.1. The molecule has 0 aromatic heterocycles. The van der Waals surface area contributed by atoms with Crippen molar-refractivity contribution in [2.24, 2.45) is 0 Å². The van der Waals surface area contributed by atoms with Crippen LogP contribution >= 0.6 is 0 Å². The van der Waals surface area contributed by atoms with Crippen LogP contribution in [0.2, 0.25) is 0 Å². The first-order chi connectivity index (χ1) is 14.8. The van der Waals surface area contributed by atoms with Crippen LogP contribution < -0.4 is 0 Å². The zero-order valence-corrected chi connectivity index (χ0v) is 17.8. The second-order valence-corrected chi connectivity index (χ2v) is 6.77. The van der Waals surface area contributed by atoms with Crippen LogP contribution in [-0.2, 0) is 11.2 Å². The third kappa shape index (κ3) is 15.6. The number of terminal acetylenes is 1. The highest BCUT2D eigenvalue weighted by Crippen LogP contribution is 2.05. The van der Waals surface area contributed by atoms with Crippen LogP contribution in [0.4, 0.5) is 0 Å². The van der Waals surface area contributed by atoms with Crippen molar-refractivity contribution in [1.29, 1.82) is 0 Å². The van der Waals surface area contributed by atoms with Crippen LogP contribution in [0.3, 0.4) is 0 Å². The van der Waals surface area contributed by atoms with E-state index in [1.165, 1.54) is 19.3 Å². The Labute approximate surface area is 183 Å². The molecule has 0 spiro atoms. The minimum Gasteiger partial charge on any atom is -0.285 e. The quantitative estimate of drug-likeness (QED) is 0.253. The Morgan fingerprint density at radius 2 is 1.50 bits per heavy atom. The van der Waals surface area contributed by atoms with Gasteiger partial charge in [0.2, 0.25) is 5.78 Å². The highest BCUT2D eigenvalue weighted by Gasteiger charge is 1.97. The van der Waals surface area contributed by atoms with Gasteiger partial charge in [-0.15, -0.1) is 6.42 Å². The monoisotopic (exact) mass is 394 g/mol. The maximum absolute atomic E-state index is 11.7. The molecule has 0 atom stereocenters. The minimum absolute atomic E-state index is 0.0625. The molecule has 1 rings (SSSR count). The van der Waals surface area contributed by atoms with Gasteiger partial charge in [0, 0.05) is 19.3 Å². The lowest BCUT2D eigenvalue weighted by Gasteiger charge is -1.94. The molecule has 30 heavy (non-hydrogen) atoms. The Morgan fingerprint density at radius 1 is 0.833 bits per heavy atom. The maximum Gasteiger partial charge on any atom is 0.210 e. The van der Waals surface area contributed by atoms with E-state index in [9.17, 15) is 4.79 Å². The van der Waals surface area contributed by atoms with Crippen molar-refractivity contribution in [3.05, 3.63) is 60.2 Å². The van der Waals surface area contributed by atoms with Gasteiger partial charge in [0.25, 0.3) is 0 Å². The molecule has 0 aliphatic carbocycles. The molecular weight excluding hydrogens is 364 g/mol. The number of ketones is 1. The van der Waals surface area contributed by atoms with Gasteiger partial charge in [0.05, 0.1) is 0 Å². The number of carbonyl (C=O) groups is 1. The van der Waals surface area contributed by atoms with Crippen LogP contribution in [-0.4, -0.2) is 5.78 Å². The first kappa shape index (κ1) is 24.6. The lowest BCUT2D eigenvalue weighted by molar-refractivity contribution is -0.113. The van der Waals surface area contributed by atoms with E-state index in [1.54, 1.807) is 12.2 Å². The molecule has 0 heterocycles. The van der Waals surface area contributed by atoms with E-state index in [0.29, 0.717) is 6.42 Å². The standard InChI is InChI=1S/C29H30O/c1-2-3-4-5-6-7-8-9-10-11-12-13-14-15-16-17-18-19-23-26-29(30)27-28-24-21-20-22-25-28/h1,3-4,18-22,24-25H,5-10,15-17,27H2. The van der Waals surface area contributed by atoms with Gasteiger partial charge in [-0.2, -0.15) is 0 Å². The van der Waals surface area contributed by atoms with E-state index >= 15 is 0 Å². The summed E-state index contributed by atoms with van der Waals surface area (Å²) in [5, 5.41) is 0. The van der Waals surface area contributed by atoms with E-state index in [0.717, 1.165) is 44.1 Å². The van der Waals surface area contributed by atoms with Crippen LogP contribution in [0.15, 0.2) is 54.6 Å². The summed E-state index contributed by atoms with van der Waals surface area (Å²) in [5.41, 5.74) is 0.993. The summed E-state index contributed by atoms with van der Waals surface area (Å²) in [6.45, 7) is 0. The Bertz CT molecular complexity index is 890. The number of unbranched alkanes of at least 4 members (excludes halogenated alkanes) is 7. The van der Waals surface area contributed by atoms with E-state index in [2.05, 4.69) is 41.4 Å². The summed E-state index contributed by atoms with van der Waals surface area (Å²) in [4.78, 5) is 11.7. The van der Waals surface area contributed by atoms with Crippen LogP contribution in [0, 0.1) is 47.9 Å². The lowest BCUT2D eigenvalue weighted by Crippen LogP contribution is -1.98. The largest absolute Gasteiger partial charge is 0.285 e. The number of hydrogen-bond donors (Lipinski definition) is 0. The summed E-state index contributed by atoms with van der Waals surface area (Å²) >= 11 is 0. The number of benzene rings is 1. The number of Topliss-reactive ketones (excluding diaryl/α,β-unsaturated/α-hetero) is 1. The van der Waals surface area contributed by atoms with Crippen molar-refractivity contribution < 1.29 is 4.79 Å². The van der Waals surface area contributed by atoms with Gasteiger partial charge in [0.1, 0.15) is 0 Å². The SMILES string of the molecule is C#CC=CCCCCCCC#CC#CCCCC=CC#CC(=O)Cc1ccccc1. The molecule has 1 heteroatoms. The summed E-state index contributed by atoms with van der Waals surface area (Å²) < 4.78 is 0. The van der Waals surface area contributed by atoms with Crippen molar-refractivity contribution in [1.82, 2.24) is 0 Å². The van der Waals surface area contributed by atoms with Gasteiger partial charge in [-0.1, -0.05) is 79.0 Å². The molecule has 1 nitrogen and oxygen atoms in total. The highest BCUT2D eigenvalue weighted by molar-refractivity contribution is 5.97. The normalized spacial score (nSPS) is 9.70. The second kappa shape index (κ2) is 18.9. The molecular formula is C29H30O. The summed E-state index contributed by atoms with van der Waals surface area (Å²) in [6, 6.07) is 9.66. The molecule has 0 aliphatic rings. The predicted molar refractivity (Wildman–Crippen MR) is 127 cm³/mol. The molecule has 1 aromatic carbocycles. The predicted octanol–water partition coefficient (Wildman–Crippen LogP) is 6.06. The second-order valence-electron chi connectivity index (χ2n) is 6.77. The Kier molecular flexibility index (Phi) is 15.6. The van der Waals surface area contributed by atoms with Gasteiger partial charge >= 0.3 is 0 Å². The Morgan fingerprint density at radius 3 is 2.27 bits per heavy atom. The average molecular weight is 395 g/mol. The third-order valence-electron chi connectivity index (χ3n) is 4.17. The van der Waals surface area contributed by atoms with E-state index < -0.39 is 0 Å². The summed E-state index contributed by atoms with van der Waals surface area (Å²) in [6.07, 6.45) is 22.5. The molecule has 0 amide bonds. The van der Waals surface area contributed by atoms with Gasteiger partial charge < -0.3 is 0 Å². The van der Waals surface area contributed by atoms with Crippen molar-refractivity contribution in [3.63, 3.8) is 0 Å². The molecule has 0 fully saturated rings. The molecule has 0 aliphatic heterocycles. The molecule has 0 radical (unpaired) electrons. The fourth-order valence-electron chi connectivity index (χ4n) is 2.59. The maximum atomic E-state index is 11.7. The Hall–Kier alpha value is -3.39. The Balaban J connectivity index is 2.02. The first-order valence-electron chi connectivity index (χ1n) is 10.6. The molecule has 0 saturated carbocycles. The van der Waals surface area contributed by atoms with E-state index in [1.807, 2.05) is 42.5 Å². The van der Waals surface area contributed by atoms with Crippen molar-refractivity contribution >= 4 is 5.78 Å². The smallest absolute Gasteiger partial charge is 0.210 e. The minimum atomic E-state index is -0.0625. The van der Waals surface area contributed by atoms with Crippen molar-refractivity contribution in [3.8, 4) is 47.9 Å². The molecule has 1 aromatic rings. The summed E-state index contributed by atoms with van der Waals surface area (Å²) in [7, 11) is 0. The molecule has 0 N–H and O–H groups in total. The van der Waals surface area contributed by atoms with Gasteiger partial charge in [0.15, 0.2) is 0 Å². The number of rotatable bonds is 11. The van der Waals surface area contributed by atoms with Gasteiger partial charge in [-0.3, -0.25) is 4.79 Å². The number of carbonyl (C=O) groups excluding carboxylic acids is 1. The van der Waals surface area contributed by atoms with Crippen LogP contribution in [0.1, 0.15) is 63.4 Å². The lowest BCUT2D eigenvalue weighted by atomic mass is 10.1. The van der Waals surface area contributed by atoms with E-state index in [-0.39, 0.29) is 5.78 Å². The molecule has 0 unspecified atom stereocenters. The first-order valence-corrected chi connectivity index (χ1v) is 10.6. The van der Waals surface area contributed by atoms with Gasteiger partial charge in [-0.05, 0) is 67.6 Å². The number of allylic oxidation sites excluding steroid dienone is 4. The zero-order chi connectivity index (χ0) is 21.5. The van der Waals surface area contributed by atoms with Crippen molar-refractivity contribution in [2.75, 3.05) is 0 Å².